The van der Waals surface area contributed by atoms with Gasteiger partial charge in [-0.05, 0) is 42.1 Å². The number of amides is 1. The molecule has 1 aromatic carbocycles. The molecule has 0 fully saturated rings. The minimum absolute atomic E-state index is 0.0584. The Kier molecular flexibility index (Phi) is 3.67. The fourth-order valence-corrected chi connectivity index (χ4v) is 2.29. The number of carbonyl (C=O) groups is 1. The van der Waals surface area contributed by atoms with Gasteiger partial charge >= 0.3 is 0 Å². The van der Waals surface area contributed by atoms with Crippen molar-refractivity contribution in [2.24, 2.45) is 0 Å². The first-order valence-corrected chi connectivity index (χ1v) is 6.64. The van der Waals surface area contributed by atoms with Crippen molar-refractivity contribution in [3.05, 3.63) is 46.2 Å². The van der Waals surface area contributed by atoms with Crippen LogP contribution in [0.3, 0.4) is 0 Å². The molecule has 0 radical (unpaired) electrons. The van der Waals surface area contributed by atoms with Crippen molar-refractivity contribution in [2.75, 3.05) is 24.3 Å². The molecule has 0 aliphatic rings. The van der Waals surface area contributed by atoms with Gasteiger partial charge in [-0.1, -0.05) is 0 Å². The Labute approximate surface area is 111 Å². The van der Waals surface area contributed by atoms with Crippen molar-refractivity contribution >= 4 is 28.6 Å². The van der Waals surface area contributed by atoms with Gasteiger partial charge in [-0.25, -0.2) is 0 Å². The summed E-state index contributed by atoms with van der Waals surface area (Å²) in [7, 11) is 4.00. The van der Waals surface area contributed by atoms with Gasteiger partial charge in [0.15, 0.2) is 0 Å². The zero-order chi connectivity index (χ0) is 13.1. The van der Waals surface area contributed by atoms with Gasteiger partial charge in [0.1, 0.15) is 0 Å². The summed E-state index contributed by atoms with van der Waals surface area (Å²) in [5.41, 5.74) is 3.75. The highest BCUT2D eigenvalue weighted by Gasteiger charge is 2.08. The van der Waals surface area contributed by atoms with Gasteiger partial charge in [-0.15, -0.1) is 0 Å². The van der Waals surface area contributed by atoms with Crippen LogP contribution in [-0.4, -0.2) is 20.0 Å². The molecule has 1 N–H and O–H groups in total. The van der Waals surface area contributed by atoms with Crippen molar-refractivity contribution in [3.63, 3.8) is 0 Å². The number of benzene rings is 1. The summed E-state index contributed by atoms with van der Waals surface area (Å²) >= 11 is 1.52. The molecule has 3 nitrogen and oxygen atoms in total. The minimum atomic E-state index is -0.0584. The number of nitrogens with one attached hydrogen (secondary N) is 1. The second kappa shape index (κ2) is 5.23. The van der Waals surface area contributed by atoms with Gasteiger partial charge in [-0.3, -0.25) is 4.79 Å². The molecule has 1 heterocycles. The second-order valence-electron chi connectivity index (χ2n) is 4.36. The highest BCUT2D eigenvalue weighted by molar-refractivity contribution is 7.08. The lowest BCUT2D eigenvalue weighted by Crippen LogP contribution is -2.13. The fraction of sp³-hybridized carbons (Fsp3) is 0.214. The number of hydrogen-bond donors (Lipinski definition) is 1. The molecular weight excluding hydrogens is 244 g/mol. The van der Waals surface area contributed by atoms with E-state index in [4.69, 9.17) is 0 Å². The molecule has 0 unspecified atom stereocenters. The van der Waals surface area contributed by atoms with Gasteiger partial charge in [0.05, 0.1) is 5.56 Å². The van der Waals surface area contributed by atoms with Crippen LogP contribution in [0.2, 0.25) is 0 Å². The lowest BCUT2D eigenvalue weighted by atomic mass is 10.1. The maximum atomic E-state index is 11.9. The molecule has 0 spiro atoms. The van der Waals surface area contributed by atoms with Gasteiger partial charge in [0.25, 0.3) is 5.91 Å². The molecule has 0 saturated carbocycles. The number of aryl methyl sites for hydroxylation is 1. The van der Waals surface area contributed by atoms with Crippen molar-refractivity contribution < 1.29 is 4.79 Å². The first kappa shape index (κ1) is 12.6. The number of nitrogens with zero attached hydrogens (tertiary/aromatic N) is 1. The smallest absolute Gasteiger partial charge is 0.256 e. The largest absolute Gasteiger partial charge is 0.378 e. The maximum absolute atomic E-state index is 11.9. The SMILES string of the molecule is Cc1cc(N(C)C)ccc1NC(=O)c1ccsc1. The van der Waals surface area contributed by atoms with E-state index in [9.17, 15) is 4.79 Å². The summed E-state index contributed by atoms with van der Waals surface area (Å²) < 4.78 is 0. The summed E-state index contributed by atoms with van der Waals surface area (Å²) in [5, 5.41) is 6.67. The molecular formula is C14H16N2OS. The number of rotatable bonds is 3. The van der Waals surface area contributed by atoms with Crippen molar-refractivity contribution in [1.82, 2.24) is 0 Å². The predicted molar refractivity (Wildman–Crippen MR) is 77.8 cm³/mol. The lowest BCUT2D eigenvalue weighted by Gasteiger charge is -2.15. The van der Waals surface area contributed by atoms with Crippen LogP contribution in [0.1, 0.15) is 15.9 Å². The van der Waals surface area contributed by atoms with Gasteiger partial charge in [0.2, 0.25) is 0 Å². The molecule has 18 heavy (non-hydrogen) atoms. The predicted octanol–water partition coefficient (Wildman–Crippen LogP) is 3.37. The molecule has 0 saturated heterocycles. The molecule has 0 aliphatic carbocycles. The molecule has 0 bridgehead atoms. The number of thiophene rings is 1. The van der Waals surface area contributed by atoms with E-state index in [0.717, 1.165) is 16.9 Å². The van der Waals surface area contributed by atoms with E-state index in [1.165, 1.54) is 11.3 Å². The molecule has 2 aromatic rings. The highest BCUT2D eigenvalue weighted by Crippen LogP contribution is 2.22. The zero-order valence-corrected chi connectivity index (χ0v) is 11.5. The Morgan fingerprint density at radius 2 is 2.06 bits per heavy atom. The van der Waals surface area contributed by atoms with Crippen LogP contribution >= 0.6 is 11.3 Å². The average Bonchev–Trinajstić information content (AvgIpc) is 2.85. The first-order valence-electron chi connectivity index (χ1n) is 5.69. The fourth-order valence-electron chi connectivity index (χ4n) is 1.65. The van der Waals surface area contributed by atoms with Crippen LogP contribution in [0.4, 0.5) is 11.4 Å². The van der Waals surface area contributed by atoms with Crippen molar-refractivity contribution in [3.8, 4) is 0 Å². The molecule has 2 rings (SSSR count). The zero-order valence-electron chi connectivity index (χ0n) is 10.7. The first-order chi connectivity index (χ1) is 8.58. The van der Waals surface area contributed by atoms with Crippen LogP contribution in [0.15, 0.2) is 35.0 Å². The molecule has 1 amide bonds. The highest BCUT2D eigenvalue weighted by atomic mass is 32.1. The van der Waals surface area contributed by atoms with E-state index < -0.39 is 0 Å². The van der Waals surface area contributed by atoms with E-state index in [1.807, 2.05) is 54.9 Å². The summed E-state index contributed by atoms with van der Waals surface area (Å²) in [4.78, 5) is 14.0. The van der Waals surface area contributed by atoms with Gasteiger partial charge in [0, 0.05) is 30.9 Å². The van der Waals surface area contributed by atoms with Crippen LogP contribution < -0.4 is 10.2 Å². The van der Waals surface area contributed by atoms with Crippen molar-refractivity contribution in [2.45, 2.75) is 6.92 Å². The number of hydrogen-bond acceptors (Lipinski definition) is 3. The van der Waals surface area contributed by atoms with Crippen molar-refractivity contribution in [1.29, 1.82) is 0 Å². The third-order valence-electron chi connectivity index (χ3n) is 2.76. The molecule has 1 aromatic heterocycles. The van der Waals surface area contributed by atoms with Gasteiger partial charge < -0.3 is 10.2 Å². The topological polar surface area (TPSA) is 32.3 Å². The Balaban J connectivity index is 2.17. The van der Waals surface area contributed by atoms with Crippen LogP contribution in [0, 0.1) is 6.92 Å². The monoisotopic (exact) mass is 260 g/mol. The molecule has 0 atom stereocenters. The standard InChI is InChI=1S/C14H16N2OS/c1-10-8-12(16(2)3)4-5-13(10)15-14(17)11-6-7-18-9-11/h4-9H,1-3H3,(H,15,17). The molecule has 0 aliphatic heterocycles. The maximum Gasteiger partial charge on any atom is 0.256 e. The number of anilines is 2. The lowest BCUT2D eigenvalue weighted by molar-refractivity contribution is 0.102. The van der Waals surface area contributed by atoms with E-state index >= 15 is 0 Å². The number of carbonyl (C=O) groups excluding carboxylic acids is 1. The van der Waals surface area contributed by atoms with E-state index in [2.05, 4.69) is 11.4 Å². The normalized spacial score (nSPS) is 10.2. The summed E-state index contributed by atoms with van der Waals surface area (Å²) in [6, 6.07) is 7.82. The van der Waals surface area contributed by atoms with E-state index in [-0.39, 0.29) is 5.91 Å². The quantitative estimate of drug-likeness (QED) is 0.917. The Morgan fingerprint density at radius 3 is 2.61 bits per heavy atom. The van der Waals surface area contributed by atoms with E-state index in [1.54, 1.807) is 0 Å². The second-order valence-corrected chi connectivity index (χ2v) is 5.14. The Hall–Kier alpha value is -1.81. The van der Waals surface area contributed by atoms with Crippen LogP contribution in [0.25, 0.3) is 0 Å². The van der Waals surface area contributed by atoms with E-state index in [0.29, 0.717) is 5.56 Å². The van der Waals surface area contributed by atoms with Gasteiger partial charge in [-0.2, -0.15) is 11.3 Å². The average molecular weight is 260 g/mol. The third-order valence-corrected chi connectivity index (χ3v) is 3.44. The summed E-state index contributed by atoms with van der Waals surface area (Å²) in [6.45, 7) is 2.00. The third kappa shape index (κ3) is 2.71. The minimum Gasteiger partial charge on any atom is -0.378 e. The van der Waals surface area contributed by atoms with Crippen LogP contribution in [-0.2, 0) is 0 Å². The molecule has 4 heteroatoms. The summed E-state index contributed by atoms with van der Waals surface area (Å²) in [6.07, 6.45) is 0. The van der Waals surface area contributed by atoms with Crippen LogP contribution in [0.5, 0.6) is 0 Å². The Bertz CT molecular complexity index is 547. The Morgan fingerprint density at radius 1 is 1.28 bits per heavy atom. The summed E-state index contributed by atoms with van der Waals surface area (Å²) in [5.74, 6) is -0.0584. The molecule has 94 valence electrons.